The molecule has 0 aliphatic heterocycles. The lowest BCUT2D eigenvalue weighted by Crippen LogP contribution is -2.53. The SMILES string of the molecule is C[C@]12CCCC[C@H]1CC[C@H]1[C@H]3CCC[C@@]3(CN)CC[C@@H]12.Cl. The van der Waals surface area contributed by atoms with Gasteiger partial charge in [0.1, 0.15) is 0 Å². The lowest BCUT2D eigenvalue weighted by molar-refractivity contribution is -0.105. The highest BCUT2D eigenvalue weighted by atomic mass is 35.5. The minimum Gasteiger partial charge on any atom is -0.330 e. The van der Waals surface area contributed by atoms with E-state index in [9.17, 15) is 0 Å². The predicted octanol–water partition coefficient (Wildman–Crippen LogP) is 5.17. The number of nitrogens with two attached hydrogens (primary N) is 1. The van der Waals surface area contributed by atoms with Crippen LogP contribution in [0, 0.1) is 34.5 Å². The minimum atomic E-state index is 0. The fraction of sp³-hybridized carbons (Fsp3) is 1.00. The smallest absolute Gasteiger partial charge is 0.00178 e. The molecule has 4 saturated carbocycles. The van der Waals surface area contributed by atoms with E-state index < -0.39 is 0 Å². The van der Waals surface area contributed by atoms with Crippen LogP contribution in [0.15, 0.2) is 0 Å². The quantitative estimate of drug-likeness (QED) is 0.710. The molecule has 21 heavy (non-hydrogen) atoms. The second-order valence-corrected chi connectivity index (χ2v) is 8.90. The molecule has 0 bridgehead atoms. The van der Waals surface area contributed by atoms with E-state index in [1.54, 1.807) is 0 Å². The highest BCUT2D eigenvalue weighted by Crippen LogP contribution is 2.65. The summed E-state index contributed by atoms with van der Waals surface area (Å²) in [6.07, 6.45) is 16.5. The fourth-order valence-corrected chi connectivity index (χ4v) is 7.44. The zero-order chi connectivity index (χ0) is 13.8. The molecule has 0 saturated heterocycles. The molecule has 1 nitrogen and oxygen atoms in total. The van der Waals surface area contributed by atoms with Gasteiger partial charge in [0.25, 0.3) is 0 Å². The van der Waals surface area contributed by atoms with E-state index in [0.717, 1.165) is 30.2 Å². The standard InChI is InChI=1S/C19H33N.ClH/c1-18-10-3-2-5-14(18)7-8-15-16(18)9-12-19(13-20)11-4-6-17(15)19;/h14-17H,2-13,20H2,1H3;1H/t14-,15+,16-,17+,18-,19-;/m0./s1. The van der Waals surface area contributed by atoms with E-state index in [1.165, 1.54) is 70.6 Å². The molecular weight excluding hydrogens is 278 g/mol. The molecule has 122 valence electrons. The van der Waals surface area contributed by atoms with Gasteiger partial charge in [-0.2, -0.15) is 0 Å². The Balaban J connectivity index is 0.00000132. The molecule has 0 aromatic carbocycles. The van der Waals surface area contributed by atoms with E-state index in [1.807, 2.05) is 0 Å². The average molecular weight is 312 g/mol. The van der Waals surface area contributed by atoms with Crippen LogP contribution in [0.1, 0.15) is 77.6 Å². The van der Waals surface area contributed by atoms with Crippen LogP contribution in [0.3, 0.4) is 0 Å². The molecule has 2 heteroatoms. The molecule has 6 atom stereocenters. The van der Waals surface area contributed by atoms with Gasteiger partial charge < -0.3 is 5.73 Å². The maximum absolute atomic E-state index is 6.27. The molecule has 4 rings (SSSR count). The van der Waals surface area contributed by atoms with Gasteiger partial charge in [-0.25, -0.2) is 0 Å². The van der Waals surface area contributed by atoms with E-state index >= 15 is 0 Å². The van der Waals surface area contributed by atoms with Crippen molar-refractivity contribution in [1.82, 2.24) is 0 Å². The van der Waals surface area contributed by atoms with E-state index in [2.05, 4.69) is 6.92 Å². The normalized spacial score (nSPS) is 52.3. The van der Waals surface area contributed by atoms with Crippen LogP contribution in [0.25, 0.3) is 0 Å². The largest absolute Gasteiger partial charge is 0.330 e. The molecule has 0 heterocycles. The third-order valence-corrected chi connectivity index (χ3v) is 8.52. The molecule has 2 N–H and O–H groups in total. The monoisotopic (exact) mass is 311 g/mol. The van der Waals surface area contributed by atoms with Crippen LogP contribution in [0.4, 0.5) is 0 Å². The van der Waals surface area contributed by atoms with Crippen molar-refractivity contribution in [3.05, 3.63) is 0 Å². The van der Waals surface area contributed by atoms with Gasteiger partial charge in [-0.3, -0.25) is 0 Å². The fourth-order valence-electron chi connectivity index (χ4n) is 7.44. The molecule has 0 amide bonds. The van der Waals surface area contributed by atoms with Crippen LogP contribution < -0.4 is 5.73 Å². The Bertz CT molecular complexity index is 384. The van der Waals surface area contributed by atoms with Crippen LogP contribution in [-0.4, -0.2) is 6.54 Å². The maximum Gasteiger partial charge on any atom is -0.00178 e. The molecule has 0 aromatic heterocycles. The summed E-state index contributed by atoms with van der Waals surface area (Å²) in [5.41, 5.74) is 7.53. The number of hydrogen-bond acceptors (Lipinski definition) is 1. The first-order chi connectivity index (χ1) is 9.70. The lowest BCUT2D eigenvalue weighted by atomic mass is 9.45. The first-order valence-electron chi connectivity index (χ1n) is 9.40. The van der Waals surface area contributed by atoms with E-state index in [-0.39, 0.29) is 12.4 Å². The topological polar surface area (TPSA) is 26.0 Å². The van der Waals surface area contributed by atoms with Gasteiger partial charge in [0.15, 0.2) is 0 Å². The van der Waals surface area contributed by atoms with Gasteiger partial charge in [0.05, 0.1) is 0 Å². The molecule has 0 unspecified atom stereocenters. The summed E-state index contributed by atoms with van der Waals surface area (Å²) < 4.78 is 0. The van der Waals surface area contributed by atoms with Crippen LogP contribution in [0.5, 0.6) is 0 Å². The second kappa shape index (κ2) is 5.71. The Labute approximate surface area is 137 Å². The molecular formula is C19H34ClN. The highest BCUT2D eigenvalue weighted by molar-refractivity contribution is 5.85. The summed E-state index contributed by atoms with van der Waals surface area (Å²) in [6.45, 7) is 3.65. The minimum absolute atomic E-state index is 0. The van der Waals surface area contributed by atoms with Crippen molar-refractivity contribution in [3.63, 3.8) is 0 Å². The Morgan fingerprint density at radius 2 is 1.71 bits per heavy atom. The van der Waals surface area contributed by atoms with Crippen molar-refractivity contribution in [3.8, 4) is 0 Å². The first-order valence-corrected chi connectivity index (χ1v) is 9.40. The zero-order valence-electron chi connectivity index (χ0n) is 13.8. The average Bonchev–Trinajstić information content (AvgIpc) is 2.91. The predicted molar refractivity (Wildman–Crippen MR) is 91.6 cm³/mol. The number of fused-ring (bicyclic) bond motifs is 5. The molecule has 4 fully saturated rings. The summed E-state index contributed by atoms with van der Waals surface area (Å²) in [7, 11) is 0. The molecule has 4 aliphatic carbocycles. The molecule has 4 aliphatic rings. The van der Waals surface area contributed by atoms with Gasteiger partial charge in [-0.05, 0) is 92.4 Å². The summed E-state index contributed by atoms with van der Waals surface area (Å²) in [6, 6.07) is 0. The first kappa shape index (κ1) is 16.1. The summed E-state index contributed by atoms with van der Waals surface area (Å²) in [4.78, 5) is 0. The van der Waals surface area contributed by atoms with Crippen LogP contribution in [0.2, 0.25) is 0 Å². The highest BCUT2D eigenvalue weighted by Gasteiger charge is 2.57. The third-order valence-electron chi connectivity index (χ3n) is 8.52. The summed E-state index contributed by atoms with van der Waals surface area (Å²) in [5.74, 6) is 4.13. The molecule has 0 spiro atoms. The van der Waals surface area contributed by atoms with Crippen molar-refractivity contribution in [1.29, 1.82) is 0 Å². The van der Waals surface area contributed by atoms with E-state index in [0.29, 0.717) is 10.8 Å². The molecule has 0 aromatic rings. The van der Waals surface area contributed by atoms with Gasteiger partial charge >= 0.3 is 0 Å². The lowest BCUT2D eigenvalue weighted by Gasteiger charge is -2.60. The van der Waals surface area contributed by atoms with Crippen LogP contribution >= 0.6 is 12.4 Å². The second-order valence-electron chi connectivity index (χ2n) is 8.90. The Hall–Kier alpha value is 0.250. The van der Waals surface area contributed by atoms with Gasteiger partial charge in [0, 0.05) is 0 Å². The van der Waals surface area contributed by atoms with Crippen molar-refractivity contribution < 1.29 is 0 Å². The van der Waals surface area contributed by atoms with Crippen molar-refractivity contribution >= 4 is 12.4 Å². The summed E-state index contributed by atoms with van der Waals surface area (Å²) >= 11 is 0. The van der Waals surface area contributed by atoms with E-state index in [4.69, 9.17) is 5.73 Å². The van der Waals surface area contributed by atoms with Crippen molar-refractivity contribution in [2.24, 2.45) is 40.2 Å². The van der Waals surface area contributed by atoms with Gasteiger partial charge in [0.2, 0.25) is 0 Å². The zero-order valence-corrected chi connectivity index (χ0v) is 14.6. The number of rotatable bonds is 1. The Morgan fingerprint density at radius 1 is 0.857 bits per heavy atom. The van der Waals surface area contributed by atoms with Crippen molar-refractivity contribution in [2.45, 2.75) is 77.6 Å². The van der Waals surface area contributed by atoms with Crippen LogP contribution in [-0.2, 0) is 0 Å². The van der Waals surface area contributed by atoms with Gasteiger partial charge in [-0.1, -0.05) is 26.2 Å². The summed E-state index contributed by atoms with van der Waals surface area (Å²) in [5, 5.41) is 0. The Kier molecular flexibility index (Phi) is 4.38. The van der Waals surface area contributed by atoms with Gasteiger partial charge in [-0.15, -0.1) is 12.4 Å². The third kappa shape index (κ3) is 2.21. The number of halogens is 1. The Morgan fingerprint density at radius 3 is 2.52 bits per heavy atom. The molecule has 0 radical (unpaired) electrons. The maximum atomic E-state index is 6.27. The van der Waals surface area contributed by atoms with Crippen molar-refractivity contribution in [2.75, 3.05) is 6.54 Å². The number of hydrogen-bond donors (Lipinski definition) is 1.